The second-order valence-corrected chi connectivity index (χ2v) is 10.2. The summed E-state index contributed by atoms with van der Waals surface area (Å²) in [4.78, 5) is 38.8. The fraction of sp³-hybridized carbons (Fsp3) is 0.483. The monoisotopic (exact) mass is 496 g/mol. The summed E-state index contributed by atoms with van der Waals surface area (Å²) < 4.78 is 0. The summed E-state index contributed by atoms with van der Waals surface area (Å²) in [5.41, 5.74) is 2.19. The summed E-state index contributed by atoms with van der Waals surface area (Å²) in [6, 6.07) is 17.0. The summed E-state index contributed by atoms with van der Waals surface area (Å²) >= 11 is 6.19. The summed E-state index contributed by atoms with van der Waals surface area (Å²) in [6.07, 6.45) is 8.37. The normalized spacial score (nSPS) is 15.7. The molecule has 6 heteroatoms. The second kappa shape index (κ2) is 14.0. The fourth-order valence-electron chi connectivity index (χ4n) is 5.07. The molecule has 1 aliphatic rings. The van der Waals surface area contributed by atoms with Gasteiger partial charge in [0.15, 0.2) is 0 Å². The number of hydrogen-bond acceptors (Lipinski definition) is 3. The van der Waals surface area contributed by atoms with Crippen molar-refractivity contribution >= 4 is 29.7 Å². The highest BCUT2D eigenvalue weighted by Gasteiger charge is 2.27. The van der Waals surface area contributed by atoms with Crippen LogP contribution in [0.5, 0.6) is 0 Å². The molecule has 0 radical (unpaired) electrons. The van der Waals surface area contributed by atoms with Crippen molar-refractivity contribution in [3.05, 3.63) is 70.7 Å². The molecule has 1 saturated carbocycles. The van der Waals surface area contributed by atoms with E-state index >= 15 is 0 Å². The topological polar surface area (TPSA) is 66.5 Å². The molecule has 1 N–H and O–H groups in total. The second-order valence-electron chi connectivity index (χ2n) is 9.78. The molecule has 0 aliphatic heterocycles. The highest BCUT2D eigenvalue weighted by atomic mass is 35.5. The Balaban J connectivity index is 1.52. The molecule has 0 spiro atoms. The van der Waals surface area contributed by atoms with E-state index in [4.69, 9.17) is 11.6 Å². The van der Waals surface area contributed by atoms with Gasteiger partial charge in [-0.15, -0.1) is 0 Å². The third-order valence-electron chi connectivity index (χ3n) is 7.02. The maximum absolute atomic E-state index is 13.0. The van der Waals surface area contributed by atoms with Crippen LogP contribution in [0.3, 0.4) is 0 Å². The molecule has 1 aliphatic carbocycles. The van der Waals surface area contributed by atoms with E-state index in [2.05, 4.69) is 11.4 Å². The number of benzene rings is 2. The minimum Gasteiger partial charge on any atom is -0.347 e. The SMILES string of the molecule is CN(Cc1ccccc1)C(=O)CC[C@@H](C=O)NC(=O)C[C@@H](Cc1cccc(Cl)c1)C1CCCCC1. The molecule has 1 fully saturated rings. The smallest absolute Gasteiger partial charge is 0.222 e. The van der Waals surface area contributed by atoms with E-state index in [0.29, 0.717) is 30.3 Å². The molecule has 5 nitrogen and oxygen atoms in total. The molecule has 2 atom stereocenters. The third-order valence-corrected chi connectivity index (χ3v) is 7.25. The van der Waals surface area contributed by atoms with Crippen LogP contribution in [0.2, 0.25) is 5.02 Å². The van der Waals surface area contributed by atoms with Crippen LogP contribution in [0.1, 0.15) is 62.5 Å². The van der Waals surface area contributed by atoms with Gasteiger partial charge in [0.2, 0.25) is 11.8 Å². The predicted octanol–water partition coefficient (Wildman–Crippen LogP) is 5.59. The quantitative estimate of drug-likeness (QED) is 0.389. The molecular weight excluding hydrogens is 460 g/mol. The number of carbonyl (C=O) groups excluding carboxylic acids is 3. The third kappa shape index (κ3) is 9.14. The van der Waals surface area contributed by atoms with Crippen molar-refractivity contribution in [3.63, 3.8) is 0 Å². The lowest BCUT2D eigenvalue weighted by molar-refractivity contribution is -0.131. The van der Waals surface area contributed by atoms with Gasteiger partial charge in [0, 0.05) is 31.5 Å². The molecule has 0 saturated heterocycles. The van der Waals surface area contributed by atoms with E-state index in [1.54, 1.807) is 11.9 Å². The number of hydrogen-bond donors (Lipinski definition) is 1. The molecule has 2 amide bonds. The van der Waals surface area contributed by atoms with Gasteiger partial charge in [0.1, 0.15) is 6.29 Å². The van der Waals surface area contributed by atoms with Gasteiger partial charge in [0.25, 0.3) is 0 Å². The lowest BCUT2D eigenvalue weighted by atomic mass is 9.76. The van der Waals surface area contributed by atoms with Crippen LogP contribution < -0.4 is 5.32 Å². The number of amides is 2. The Morgan fingerprint density at radius 1 is 1.06 bits per heavy atom. The van der Waals surface area contributed by atoms with E-state index in [0.717, 1.165) is 36.7 Å². The van der Waals surface area contributed by atoms with Crippen molar-refractivity contribution in [2.75, 3.05) is 7.05 Å². The van der Waals surface area contributed by atoms with Crippen LogP contribution in [-0.2, 0) is 27.3 Å². The van der Waals surface area contributed by atoms with Gasteiger partial charge in [-0.2, -0.15) is 0 Å². The van der Waals surface area contributed by atoms with E-state index in [9.17, 15) is 14.4 Å². The van der Waals surface area contributed by atoms with Gasteiger partial charge in [-0.1, -0.05) is 86.2 Å². The summed E-state index contributed by atoms with van der Waals surface area (Å²) in [5, 5.41) is 3.58. The lowest BCUT2D eigenvalue weighted by Crippen LogP contribution is -2.39. The van der Waals surface area contributed by atoms with E-state index < -0.39 is 6.04 Å². The van der Waals surface area contributed by atoms with E-state index in [-0.39, 0.29) is 24.2 Å². The van der Waals surface area contributed by atoms with Crippen LogP contribution in [-0.4, -0.2) is 36.1 Å². The first-order valence-corrected chi connectivity index (χ1v) is 13.1. The van der Waals surface area contributed by atoms with Gasteiger partial charge in [-0.3, -0.25) is 9.59 Å². The average molecular weight is 497 g/mol. The largest absolute Gasteiger partial charge is 0.347 e. The molecule has 0 heterocycles. The van der Waals surface area contributed by atoms with Crippen LogP contribution in [0.15, 0.2) is 54.6 Å². The van der Waals surface area contributed by atoms with Crippen molar-refractivity contribution in [2.45, 2.75) is 70.4 Å². The summed E-state index contributed by atoms with van der Waals surface area (Å²) in [7, 11) is 1.76. The minimum atomic E-state index is -0.658. The maximum Gasteiger partial charge on any atom is 0.222 e. The fourth-order valence-corrected chi connectivity index (χ4v) is 5.28. The van der Waals surface area contributed by atoms with Crippen LogP contribution in [0.25, 0.3) is 0 Å². The highest BCUT2D eigenvalue weighted by molar-refractivity contribution is 6.30. The van der Waals surface area contributed by atoms with Crippen LogP contribution in [0, 0.1) is 11.8 Å². The van der Waals surface area contributed by atoms with Gasteiger partial charge in [-0.05, 0) is 47.9 Å². The zero-order valence-corrected chi connectivity index (χ0v) is 21.4. The number of nitrogens with one attached hydrogen (secondary N) is 1. The zero-order chi connectivity index (χ0) is 25.0. The Labute approximate surface area is 214 Å². The summed E-state index contributed by atoms with van der Waals surface area (Å²) in [6.45, 7) is 0.518. The first kappa shape index (κ1) is 26.9. The maximum atomic E-state index is 13.0. The van der Waals surface area contributed by atoms with Crippen molar-refractivity contribution < 1.29 is 14.4 Å². The Hall–Kier alpha value is -2.66. The minimum absolute atomic E-state index is 0.0454. The van der Waals surface area contributed by atoms with Crippen molar-refractivity contribution in [3.8, 4) is 0 Å². The Morgan fingerprint density at radius 3 is 2.46 bits per heavy atom. The molecule has 3 rings (SSSR count). The summed E-state index contributed by atoms with van der Waals surface area (Å²) in [5.74, 6) is 0.539. The van der Waals surface area contributed by atoms with Gasteiger partial charge in [0.05, 0.1) is 6.04 Å². The van der Waals surface area contributed by atoms with Crippen molar-refractivity contribution in [2.24, 2.45) is 11.8 Å². The Morgan fingerprint density at radius 2 is 1.77 bits per heavy atom. The molecule has 0 unspecified atom stereocenters. The average Bonchev–Trinajstić information content (AvgIpc) is 2.87. The first-order chi connectivity index (χ1) is 16.9. The van der Waals surface area contributed by atoms with Gasteiger partial charge >= 0.3 is 0 Å². The molecule has 0 bridgehead atoms. The van der Waals surface area contributed by atoms with Crippen molar-refractivity contribution in [1.82, 2.24) is 10.2 Å². The molecule has 35 heavy (non-hydrogen) atoms. The number of nitrogens with zero attached hydrogens (tertiary/aromatic N) is 1. The predicted molar refractivity (Wildman–Crippen MR) is 140 cm³/mol. The molecular formula is C29H37ClN2O3. The zero-order valence-electron chi connectivity index (χ0n) is 20.6. The van der Waals surface area contributed by atoms with Gasteiger partial charge in [-0.25, -0.2) is 0 Å². The Bertz CT molecular complexity index is 959. The highest BCUT2D eigenvalue weighted by Crippen LogP contribution is 2.34. The number of aldehydes is 1. The van der Waals surface area contributed by atoms with Crippen LogP contribution in [0.4, 0.5) is 0 Å². The number of halogens is 1. The molecule has 2 aromatic rings. The molecule has 2 aromatic carbocycles. The standard InChI is InChI=1S/C29H37ClN2O3/c1-32(20-22-9-4-2-5-10-22)29(35)16-15-27(21-33)31-28(34)19-25(24-12-6-3-7-13-24)17-23-11-8-14-26(30)18-23/h2,4-5,8-11,14,18,21,24-25,27H,3,6-7,12-13,15-17,19-20H2,1H3,(H,31,34)/t25-,27+/m1/s1. The van der Waals surface area contributed by atoms with Gasteiger partial charge < -0.3 is 15.0 Å². The van der Waals surface area contributed by atoms with Crippen LogP contribution >= 0.6 is 11.6 Å². The van der Waals surface area contributed by atoms with E-state index in [1.165, 1.54) is 19.3 Å². The molecule has 188 valence electrons. The number of rotatable bonds is 12. The van der Waals surface area contributed by atoms with Crippen molar-refractivity contribution in [1.29, 1.82) is 0 Å². The Kier molecular flexibility index (Phi) is 10.8. The lowest BCUT2D eigenvalue weighted by Gasteiger charge is -2.30. The molecule has 0 aromatic heterocycles. The first-order valence-electron chi connectivity index (χ1n) is 12.7. The number of carbonyl (C=O) groups is 3. The van der Waals surface area contributed by atoms with E-state index in [1.807, 2.05) is 48.5 Å².